The van der Waals surface area contributed by atoms with Gasteiger partial charge in [0.15, 0.2) is 0 Å². The molecule has 0 bridgehead atoms. The molecule has 6 heteroatoms. The van der Waals surface area contributed by atoms with E-state index in [0.29, 0.717) is 17.3 Å². The average Bonchev–Trinajstić information content (AvgIpc) is 2.63. The van der Waals surface area contributed by atoms with Crippen LogP contribution in [0.5, 0.6) is 11.6 Å². The zero-order valence-corrected chi connectivity index (χ0v) is 18.2. The van der Waals surface area contributed by atoms with Crippen LogP contribution < -0.4 is 4.74 Å². The Labute approximate surface area is 176 Å². The van der Waals surface area contributed by atoms with E-state index in [1.807, 2.05) is 58.0 Å². The summed E-state index contributed by atoms with van der Waals surface area (Å²) in [6, 6.07) is 13.0. The number of rotatable bonds is 7. The van der Waals surface area contributed by atoms with E-state index in [9.17, 15) is 4.79 Å². The molecule has 0 radical (unpaired) electrons. The third-order valence-electron chi connectivity index (χ3n) is 4.92. The highest BCUT2D eigenvalue weighted by atomic mass is 35.5. The van der Waals surface area contributed by atoms with Gasteiger partial charge in [0.25, 0.3) is 0 Å². The van der Waals surface area contributed by atoms with Gasteiger partial charge in [0.1, 0.15) is 15.7 Å². The van der Waals surface area contributed by atoms with Crippen molar-refractivity contribution in [2.24, 2.45) is 11.8 Å². The van der Waals surface area contributed by atoms with Gasteiger partial charge in [-0.25, -0.2) is 4.98 Å². The Morgan fingerprint density at radius 1 is 1.11 bits per heavy atom. The lowest BCUT2D eigenvalue weighted by Gasteiger charge is -2.38. The molecule has 2 rings (SSSR count). The second-order valence-corrected chi connectivity index (χ2v) is 8.04. The molecule has 0 saturated carbocycles. The lowest BCUT2D eigenvalue weighted by atomic mass is 9.65. The molecule has 1 aromatic carbocycles. The SMILES string of the molecule is COC(=O)C(c1cccc(Oc2ccc(C)cc2)n1)(C(C)C)C(C)C=C(Cl)Cl. The number of methoxy groups -OCH3 is 1. The molecule has 0 aliphatic heterocycles. The monoisotopic (exact) mass is 421 g/mol. The maximum absolute atomic E-state index is 13.0. The topological polar surface area (TPSA) is 48.4 Å². The largest absolute Gasteiger partial charge is 0.468 e. The summed E-state index contributed by atoms with van der Waals surface area (Å²) in [6.45, 7) is 7.76. The van der Waals surface area contributed by atoms with Crippen molar-refractivity contribution in [2.45, 2.75) is 33.1 Å². The number of hydrogen-bond acceptors (Lipinski definition) is 4. The fourth-order valence-corrected chi connectivity index (χ4v) is 3.88. The van der Waals surface area contributed by atoms with Crippen LogP contribution in [0.3, 0.4) is 0 Å². The van der Waals surface area contributed by atoms with Crippen LogP contribution in [0.1, 0.15) is 32.0 Å². The van der Waals surface area contributed by atoms with Crippen LogP contribution in [-0.4, -0.2) is 18.1 Å². The van der Waals surface area contributed by atoms with Gasteiger partial charge >= 0.3 is 5.97 Å². The molecule has 4 nitrogen and oxygen atoms in total. The van der Waals surface area contributed by atoms with Crippen molar-refractivity contribution in [3.63, 3.8) is 0 Å². The van der Waals surface area contributed by atoms with Gasteiger partial charge in [0.2, 0.25) is 5.88 Å². The smallest absolute Gasteiger partial charge is 0.318 e. The van der Waals surface area contributed by atoms with Crippen LogP contribution in [0.25, 0.3) is 0 Å². The van der Waals surface area contributed by atoms with Crippen molar-refractivity contribution >= 4 is 29.2 Å². The van der Waals surface area contributed by atoms with E-state index < -0.39 is 11.4 Å². The third kappa shape index (κ3) is 4.68. The first kappa shape index (κ1) is 22.3. The van der Waals surface area contributed by atoms with Crippen molar-refractivity contribution in [1.82, 2.24) is 4.98 Å². The molecule has 0 fully saturated rings. The predicted molar refractivity (Wildman–Crippen MR) is 113 cm³/mol. The summed E-state index contributed by atoms with van der Waals surface area (Å²) in [7, 11) is 1.37. The Morgan fingerprint density at radius 3 is 2.29 bits per heavy atom. The van der Waals surface area contributed by atoms with E-state index in [4.69, 9.17) is 32.7 Å². The number of carbonyl (C=O) groups is 1. The molecule has 1 heterocycles. The minimum Gasteiger partial charge on any atom is -0.468 e. The van der Waals surface area contributed by atoms with Crippen LogP contribution in [0, 0.1) is 18.8 Å². The summed E-state index contributed by atoms with van der Waals surface area (Å²) in [4.78, 5) is 17.6. The number of aromatic nitrogens is 1. The predicted octanol–water partition coefficient (Wildman–Crippen LogP) is 6.20. The highest BCUT2D eigenvalue weighted by Crippen LogP contribution is 2.42. The maximum Gasteiger partial charge on any atom is 0.318 e. The van der Waals surface area contributed by atoms with Gasteiger partial charge in [-0.2, -0.15) is 0 Å². The molecular formula is C22H25Cl2NO3. The fraction of sp³-hybridized carbons (Fsp3) is 0.364. The minimum absolute atomic E-state index is 0.0912. The van der Waals surface area contributed by atoms with Gasteiger partial charge < -0.3 is 9.47 Å². The molecule has 0 saturated heterocycles. The first-order valence-electron chi connectivity index (χ1n) is 9.05. The van der Waals surface area contributed by atoms with Crippen molar-refractivity contribution in [3.05, 3.63) is 64.3 Å². The van der Waals surface area contributed by atoms with Gasteiger partial charge in [-0.05, 0) is 43.0 Å². The number of halogens is 2. The lowest BCUT2D eigenvalue weighted by molar-refractivity contribution is -0.151. The summed E-state index contributed by atoms with van der Waals surface area (Å²) in [5.74, 6) is 0.164. The van der Waals surface area contributed by atoms with Gasteiger partial charge in [0, 0.05) is 6.07 Å². The fourth-order valence-electron chi connectivity index (χ4n) is 3.50. The number of carbonyl (C=O) groups excluding carboxylic acids is 1. The normalized spacial score (nSPS) is 14.1. The van der Waals surface area contributed by atoms with E-state index >= 15 is 0 Å². The number of benzene rings is 1. The van der Waals surface area contributed by atoms with Crippen LogP contribution in [0.15, 0.2) is 53.0 Å². The Morgan fingerprint density at radius 2 is 1.75 bits per heavy atom. The molecule has 2 aromatic rings. The summed E-state index contributed by atoms with van der Waals surface area (Å²) in [6.07, 6.45) is 1.63. The van der Waals surface area contributed by atoms with Gasteiger partial charge in [0.05, 0.1) is 12.8 Å². The first-order valence-corrected chi connectivity index (χ1v) is 9.80. The van der Waals surface area contributed by atoms with Gasteiger partial charge in [-0.3, -0.25) is 4.79 Å². The van der Waals surface area contributed by atoms with Crippen LogP contribution in [-0.2, 0) is 14.9 Å². The average molecular weight is 422 g/mol. The highest BCUT2D eigenvalue weighted by Gasteiger charge is 2.49. The van der Waals surface area contributed by atoms with Crippen LogP contribution in [0.4, 0.5) is 0 Å². The Hall–Kier alpha value is -2.04. The van der Waals surface area contributed by atoms with E-state index in [2.05, 4.69) is 4.98 Å². The van der Waals surface area contributed by atoms with Gasteiger partial charge in [-0.1, -0.05) is 67.7 Å². The number of esters is 1. The third-order valence-corrected chi connectivity index (χ3v) is 5.17. The highest BCUT2D eigenvalue weighted by molar-refractivity contribution is 6.55. The molecule has 2 atom stereocenters. The van der Waals surface area contributed by atoms with Crippen molar-refractivity contribution in [1.29, 1.82) is 0 Å². The molecule has 2 unspecified atom stereocenters. The Balaban J connectivity index is 2.55. The molecule has 1 aromatic heterocycles. The second-order valence-electron chi connectivity index (χ2n) is 7.04. The second kappa shape index (κ2) is 9.44. The Kier molecular flexibility index (Phi) is 7.50. The Bertz CT molecular complexity index is 845. The van der Waals surface area contributed by atoms with Crippen molar-refractivity contribution in [3.8, 4) is 11.6 Å². The van der Waals surface area contributed by atoms with E-state index in [-0.39, 0.29) is 16.3 Å². The zero-order valence-electron chi connectivity index (χ0n) is 16.7. The van der Waals surface area contributed by atoms with Crippen LogP contribution in [0.2, 0.25) is 0 Å². The summed E-state index contributed by atoms with van der Waals surface area (Å²) >= 11 is 11.8. The number of pyridine rings is 1. The minimum atomic E-state index is -1.07. The molecule has 0 aliphatic carbocycles. The number of nitrogens with zero attached hydrogens (tertiary/aromatic N) is 1. The van der Waals surface area contributed by atoms with Gasteiger partial charge in [-0.15, -0.1) is 0 Å². The molecule has 0 N–H and O–H groups in total. The number of aryl methyl sites for hydroxylation is 1. The maximum atomic E-state index is 13.0. The van der Waals surface area contributed by atoms with E-state index in [1.54, 1.807) is 18.2 Å². The zero-order chi connectivity index (χ0) is 20.9. The number of allylic oxidation sites excluding steroid dienone is 1. The molecular weight excluding hydrogens is 397 g/mol. The number of hydrogen-bond donors (Lipinski definition) is 0. The molecule has 0 aliphatic rings. The quantitative estimate of drug-likeness (QED) is 0.498. The molecule has 150 valence electrons. The summed E-state index contributed by atoms with van der Waals surface area (Å²) in [5, 5.41) is 0. The van der Waals surface area contributed by atoms with E-state index in [1.165, 1.54) is 7.11 Å². The number of ether oxygens (including phenoxy) is 2. The summed E-state index contributed by atoms with van der Waals surface area (Å²) in [5.41, 5.74) is 0.602. The van der Waals surface area contributed by atoms with E-state index in [0.717, 1.165) is 5.56 Å². The molecule has 0 amide bonds. The lowest BCUT2D eigenvalue weighted by Crippen LogP contribution is -2.47. The summed E-state index contributed by atoms with van der Waals surface area (Å²) < 4.78 is 11.2. The standard InChI is InChI=1S/C22H25Cl2NO3/c1-14(2)22(21(26)27-5,16(4)13-19(23)24)18-7-6-8-20(25-18)28-17-11-9-15(3)10-12-17/h6-14,16H,1-5H3. The van der Waals surface area contributed by atoms with Crippen molar-refractivity contribution in [2.75, 3.05) is 7.11 Å². The molecule has 0 spiro atoms. The van der Waals surface area contributed by atoms with Crippen LogP contribution >= 0.6 is 23.2 Å². The first-order chi connectivity index (χ1) is 13.2. The molecule has 28 heavy (non-hydrogen) atoms. The van der Waals surface area contributed by atoms with Crippen molar-refractivity contribution < 1.29 is 14.3 Å².